The van der Waals surface area contributed by atoms with Gasteiger partial charge in [-0.05, 0) is 37.5 Å². The Kier molecular flexibility index (Phi) is 4.13. The predicted octanol–water partition coefficient (Wildman–Crippen LogP) is 3.00. The predicted molar refractivity (Wildman–Crippen MR) is 72.4 cm³/mol. The van der Waals surface area contributed by atoms with E-state index in [2.05, 4.69) is 10.6 Å². The molecule has 0 spiro atoms. The molecule has 7 heteroatoms. The molecule has 0 heterocycles. The third kappa shape index (κ3) is 3.39. The Balaban J connectivity index is 1.97. The summed E-state index contributed by atoms with van der Waals surface area (Å²) in [6, 6.07) is 3.36. The molecule has 2 rings (SSSR count). The fourth-order valence-electron chi connectivity index (χ4n) is 2.22. The van der Waals surface area contributed by atoms with Crippen molar-refractivity contribution in [2.45, 2.75) is 31.2 Å². The molecular formula is C13H14ClFN2O3. The number of benzene rings is 1. The second kappa shape index (κ2) is 5.66. The van der Waals surface area contributed by atoms with Gasteiger partial charge in [0.15, 0.2) is 0 Å². The van der Waals surface area contributed by atoms with Crippen LogP contribution in [-0.2, 0) is 4.79 Å². The van der Waals surface area contributed by atoms with E-state index in [0.29, 0.717) is 12.8 Å². The fourth-order valence-corrected chi connectivity index (χ4v) is 2.33. The lowest BCUT2D eigenvalue weighted by atomic mass is 9.74. The van der Waals surface area contributed by atoms with Gasteiger partial charge in [0.05, 0.1) is 17.0 Å². The number of carboxylic acid groups (broad SMARTS) is 1. The number of carbonyl (C=O) groups is 2. The van der Waals surface area contributed by atoms with E-state index in [1.165, 1.54) is 12.1 Å². The molecule has 0 radical (unpaired) electrons. The van der Waals surface area contributed by atoms with Crippen molar-refractivity contribution in [1.82, 2.24) is 5.32 Å². The van der Waals surface area contributed by atoms with E-state index in [1.54, 1.807) is 0 Å². The number of hydrogen-bond acceptors (Lipinski definition) is 2. The molecule has 108 valence electrons. The summed E-state index contributed by atoms with van der Waals surface area (Å²) in [7, 11) is 0. The highest BCUT2D eigenvalue weighted by atomic mass is 35.5. The highest BCUT2D eigenvalue weighted by Crippen LogP contribution is 2.35. The molecule has 1 aromatic carbocycles. The topological polar surface area (TPSA) is 78.4 Å². The molecule has 0 atom stereocenters. The molecule has 5 nitrogen and oxygen atoms in total. The summed E-state index contributed by atoms with van der Waals surface area (Å²) < 4.78 is 13.2. The van der Waals surface area contributed by atoms with E-state index < -0.39 is 23.4 Å². The summed E-state index contributed by atoms with van der Waals surface area (Å²) in [5.41, 5.74) is -0.435. The number of urea groups is 1. The zero-order chi connectivity index (χ0) is 14.8. The summed E-state index contributed by atoms with van der Waals surface area (Å²) in [5, 5.41) is 13.9. The summed E-state index contributed by atoms with van der Waals surface area (Å²) in [4.78, 5) is 22.6. The maximum absolute atomic E-state index is 13.2. The molecule has 1 aliphatic carbocycles. The summed E-state index contributed by atoms with van der Waals surface area (Å²) >= 11 is 5.54. The monoisotopic (exact) mass is 300 g/mol. The molecule has 3 N–H and O–H groups in total. The molecule has 1 aliphatic rings. The number of aliphatic carboxylic acids is 1. The van der Waals surface area contributed by atoms with Crippen molar-refractivity contribution in [2.24, 2.45) is 0 Å². The van der Waals surface area contributed by atoms with Gasteiger partial charge in [0.25, 0.3) is 0 Å². The van der Waals surface area contributed by atoms with E-state index in [0.717, 1.165) is 12.5 Å². The molecule has 0 unspecified atom stereocenters. The van der Waals surface area contributed by atoms with Crippen molar-refractivity contribution in [3.63, 3.8) is 0 Å². The summed E-state index contributed by atoms with van der Waals surface area (Å²) in [6.45, 7) is 0. The third-order valence-electron chi connectivity index (χ3n) is 3.36. The first-order chi connectivity index (χ1) is 9.40. The number of amides is 2. The van der Waals surface area contributed by atoms with E-state index in [4.69, 9.17) is 16.7 Å². The first-order valence-electron chi connectivity index (χ1n) is 6.16. The van der Waals surface area contributed by atoms with Gasteiger partial charge >= 0.3 is 12.0 Å². The van der Waals surface area contributed by atoms with Crippen LogP contribution in [0.15, 0.2) is 18.2 Å². The van der Waals surface area contributed by atoms with Crippen molar-refractivity contribution < 1.29 is 19.1 Å². The Labute approximate surface area is 120 Å². The van der Waals surface area contributed by atoms with Crippen LogP contribution in [0.5, 0.6) is 0 Å². The van der Waals surface area contributed by atoms with Gasteiger partial charge in [-0.1, -0.05) is 11.6 Å². The number of halogens is 2. The van der Waals surface area contributed by atoms with Crippen LogP contribution in [0.2, 0.25) is 5.02 Å². The van der Waals surface area contributed by atoms with Crippen LogP contribution in [0.3, 0.4) is 0 Å². The first kappa shape index (κ1) is 14.6. The van der Waals surface area contributed by atoms with Crippen molar-refractivity contribution in [2.75, 3.05) is 5.32 Å². The lowest BCUT2D eigenvalue weighted by Gasteiger charge is -2.41. The van der Waals surface area contributed by atoms with Crippen LogP contribution in [0.1, 0.15) is 25.7 Å². The van der Waals surface area contributed by atoms with E-state index in [-0.39, 0.29) is 17.1 Å². The highest BCUT2D eigenvalue weighted by Gasteiger charge is 2.40. The largest absolute Gasteiger partial charge is 0.481 e. The number of anilines is 1. The molecule has 20 heavy (non-hydrogen) atoms. The Hall–Kier alpha value is -1.82. The lowest BCUT2D eigenvalue weighted by molar-refractivity contribution is -0.139. The van der Waals surface area contributed by atoms with Crippen molar-refractivity contribution in [3.8, 4) is 0 Å². The van der Waals surface area contributed by atoms with Gasteiger partial charge in [-0.15, -0.1) is 0 Å². The zero-order valence-corrected chi connectivity index (χ0v) is 11.3. The van der Waals surface area contributed by atoms with Crippen LogP contribution >= 0.6 is 11.6 Å². The van der Waals surface area contributed by atoms with E-state index in [9.17, 15) is 14.0 Å². The smallest absolute Gasteiger partial charge is 0.319 e. The molecular weight excluding hydrogens is 287 g/mol. The minimum Gasteiger partial charge on any atom is -0.481 e. The van der Waals surface area contributed by atoms with Gasteiger partial charge in [0.1, 0.15) is 5.82 Å². The van der Waals surface area contributed by atoms with Gasteiger partial charge in [-0.3, -0.25) is 4.79 Å². The van der Waals surface area contributed by atoms with Crippen LogP contribution < -0.4 is 10.6 Å². The average Bonchev–Trinajstić information content (AvgIpc) is 2.30. The van der Waals surface area contributed by atoms with Gasteiger partial charge < -0.3 is 15.7 Å². The van der Waals surface area contributed by atoms with E-state index >= 15 is 0 Å². The highest BCUT2D eigenvalue weighted by molar-refractivity contribution is 6.30. The lowest BCUT2D eigenvalue weighted by Crippen LogP contribution is -2.55. The Morgan fingerprint density at radius 3 is 2.60 bits per heavy atom. The fraction of sp³-hybridized carbons (Fsp3) is 0.385. The maximum Gasteiger partial charge on any atom is 0.319 e. The van der Waals surface area contributed by atoms with Gasteiger partial charge in [-0.25, -0.2) is 9.18 Å². The van der Waals surface area contributed by atoms with Gasteiger partial charge in [0.2, 0.25) is 0 Å². The number of hydrogen-bond donors (Lipinski definition) is 3. The molecule has 0 saturated heterocycles. The van der Waals surface area contributed by atoms with Crippen molar-refractivity contribution in [3.05, 3.63) is 29.0 Å². The molecule has 1 aromatic rings. The summed E-state index contributed by atoms with van der Waals surface area (Å²) in [6.07, 6.45) is 2.02. The minimum absolute atomic E-state index is 0.0303. The molecule has 1 fully saturated rings. The van der Waals surface area contributed by atoms with Gasteiger partial charge in [-0.2, -0.15) is 0 Å². The van der Waals surface area contributed by atoms with Crippen LogP contribution in [0.25, 0.3) is 0 Å². The SMILES string of the molecule is O=C(O)CC1(NC(=O)Nc2ccc(Cl)c(F)c2)CCC1. The molecule has 0 aromatic heterocycles. The first-order valence-corrected chi connectivity index (χ1v) is 6.54. The average molecular weight is 301 g/mol. The number of rotatable bonds is 4. The van der Waals surface area contributed by atoms with Crippen molar-refractivity contribution >= 4 is 29.3 Å². The molecule has 2 amide bonds. The second-order valence-corrected chi connectivity index (χ2v) is 5.32. The third-order valence-corrected chi connectivity index (χ3v) is 3.66. The Bertz CT molecular complexity index is 546. The molecule has 1 saturated carbocycles. The van der Waals surface area contributed by atoms with Crippen LogP contribution in [0.4, 0.5) is 14.9 Å². The standard InChI is InChI=1S/C13H14ClFN2O3/c14-9-3-2-8(6-10(9)15)16-12(20)17-13(4-1-5-13)7-11(18)19/h2-3,6H,1,4-5,7H2,(H,18,19)(H2,16,17,20). The van der Waals surface area contributed by atoms with Crippen molar-refractivity contribution in [1.29, 1.82) is 0 Å². The number of carboxylic acids is 1. The quantitative estimate of drug-likeness (QED) is 0.800. The summed E-state index contributed by atoms with van der Waals surface area (Å²) in [5.74, 6) is -1.59. The van der Waals surface area contributed by atoms with E-state index in [1.807, 2.05) is 0 Å². The number of nitrogens with one attached hydrogen (secondary N) is 2. The second-order valence-electron chi connectivity index (χ2n) is 4.91. The zero-order valence-electron chi connectivity index (χ0n) is 10.6. The minimum atomic E-state index is -0.956. The maximum atomic E-state index is 13.2. The Morgan fingerprint density at radius 1 is 1.40 bits per heavy atom. The molecule has 0 bridgehead atoms. The van der Waals surface area contributed by atoms with Crippen LogP contribution in [-0.4, -0.2) is 22.6 Å². The normalized spacial score (nSPS) is 16.1. The molecule has 0 aliphatic heterocycles. The number of carbonyl (C=O) groups excluding carboxylic acids is 1. The Morgan fingerprint density at radius 2 is 2.10 bits per heavy atom. The van der Waals surface area contributed by atoms with Gasteiger partial charge in [0, 0.05) is 5.69 Å². The van der Waals surface area contributed by atoms with Crippen LogP contribution in [0, 0.1) is 5.82 Å².